The molecule has 0 spiro atoms. The lowest BCUT2D eigenvalue weighted by atomic mass is 10.0. The summed E-state index contributed by atoms with van der Waals surface area (Å²) in [6, 6.07) is 9.82. The molecule has 1 aromatic heterocycles. The maximum Gasteiger partial charge on any atom is 0.231 e. The molecular weight excluding hydrogens is 320 g/mol. The molecule has 0 saturated carbocycles. The van der Waals surface area contributed by atoms with Gasteiger partial charge in [0.2, 0.25) is 11.8 Å². The number of amides is 2. The predicted molar refractivity (Wildman–Crippen MR) is 91.8 cm³/mol. The van der Waals surface area contributed by atoms with Crippen molar-refractivity contribution in [2.75, 3.05) is 31.6 Å². The van der Waals surface area contributed by atoms with Crippen LogP contribution in [-0.2, 0) is 20.9 Å². The van der Waals surface area contributed by atoms with E-state index in [-0.39, 0.29) is 18.2 Å². The quantitative estimate of drug-likeness (QED) is 0.915. The van der Waals surface area contributed by atoms with Gasteiger partial charge in [-0.3, -0.25) is 9.59 Å². The molecular formula is C18H20N4O3. The first kappa shape index (κ1) is 15.8. The zero-order valence-corrected chi connectivity index (χ0v) is 13.9. The van der Waals surface area contributed by atoms with Crippen LogP contribution in [0.15, 0.2) is 36.5 Å². The van der Waals surface area contributed by atoms with Crippen molar-refractivity contribution >= 4 is 17.6 Å². The average Bonchev–Trinajstić information content (AvgIpc) is 3.06. The molecule has 1 N–H and O–H groups in total. The molecule has 1 atom stereocenters. The average molecular weight is 340 g/mol. The highest BCUT2D eigenvalue weighted by molar-refractivity contribution is 5.98. The van der Waals surface area contributed by atoms with E-state index in [2.05, 4.69) is 10.4 Å². The van der Waals surface area contributed by atoms with E-state index in [1.54, 1.807) is 15.8 Å². The first-order valence-corrected chi connectivity index (χ1v) is 8.50. The van der Waals surface area contributed by atoms with E-state index in [4.69, 9.17) is 4.74 Å². The number of benzene rings is 1. The molecule has 7 nitrogen and oxygen atoms in total. The summed E-state index contributed by atoms with van der Waals surface area (Å²) in [4.78, 5) is 26.7. The van der Waals surface area contributed by atoms with Gasteiger partial charge in [0, 0.05) is 25.1 Å². The highest BCUT2D eigenvalue weighted by Gasteiger charge is 2.32. The Balaban J connectivity index is 1.49. The van der Waals surface area contributed by atoms with Crippen LogP contribution >= 0.6 is 0 Å². The van der Waals surface area contributed by atoms with Gasteiger partial charge < -0.3 is 15.0 Å². The normalized spacial score (nSPS) is 20.1. The second-order valence-electron chi connectivity index (χ2n) is 6.34. The number of morpholine rings is 1. The summed E-state index contributed by atoms with van der Waals surface area (Å²) in [7, 11) is 0. The van der Waals surface area contributed by atoms with Gasteiger partial charge in [0.25, 0.3) is 0 Å². The number of carbonyl (C=O) groups excluding carboxylic acids is 2. The van der Waals surface area contributed by atoms with Crippen LogP contribution in [0.4, 0.5) is 5.82 Å². The number of nitrogens with one attached hydrogen (secondary N) is 1. The third-order valence-electron chi connectivity index (χ3n) is 4.71. The molecule has 2 aromatic rings. The molecule has 7 heteroatoms. The SMILES string of the molecule is O=C1Nc2c(-c3ccccc3)cnn2C[C@@H]1CC(=O)N1CCOCC1. The minimum Gasteiger partial charge on any atom is -0.378 e. The van der Waals surface area contributed by atoms with Crippen molar-refractivity contribution in [1.29, 1.82) is 0 Å². The Morgan fingerprint density at radius 1 is 1.24 bits per heavy atom. The topological polar surface area (TPSA) is 76.5 Å². The number of anilines is 1. The lowest BCUT2D eigenvalue weighted by Gasteiger charge is -2.29. The van der Waals surface area contributed by atoms with Gasteiger partial charge in [-0.15, -0.1) is 0 Å². The molecule has 0 bridgehead atoms. The number of fused-ring (bicyclic) bond motifs is 1. The number of aromatic nitrogens is 2. The summed E-state index contributed by atoms with van der Waals surface area (Å²) in [5, 5.41) is 7.33. The summed E-state index contributed by atoms with van der Waals surface area (Å²) < 4.78 is 7.04. The standard InChI is InChI=1S/C18H20N4O3/c23-16(21-6-8-25-9-7-21)10-14-12-22-17(20-18(14)24)15(11-19-22)13-4-2-1-3-5-13/h1-5,11,14H,6-10,12H2,(H,20,24)/t14-/m0/s1. The maximum absolute atomic E-state index is 12.5. The highest BCUT2D eigenvalue weighted by Crippen LogP contribution is 2.31. The van der Waals surface area contributed by atoms with Crippen LogP contribution in [0.2, 0.25) is 0 Å². The van der Waals surface area contributed by atoms with Crippen LogP contribution in [0.1, 0.15) is 6.42 Å². The third kappa shape index (κ3) is 3.15. The zero-order chi connectivity index (χ0) is 17.2. The lowest BCUT2D eigenvalue weighted by molar-refractivity contribution is -0.138. The van der Waals surface area contributed by atoms with Gasteiger partial charge in [-0.05, 0) is 5.56 Å². The molecule has 2 aliphatic heterocycles. The molecule has 1 saturated heterocycles. The Morgan fingerprint density at radius 3 is 2.76 bits per heavy atom. The van der Waals surface area contributed by atoms with Crippen molar-refractivity contribution in [3.05, 3.63) is 36.5 Å². The molecule has 4 rings (SSSR count). The number of hydrogen-bond acceptors (Lipinski definition) is 4. The number of nitrogens with zero attached hydrogens (tertiary/aromatic N) is 3. The number of rotatable bonds is 3. The van der Waals surface area contributed by atoms with Crippen molar-refractivity contribution in [1.82, 2.24) is 14.7 Å². The van der Waals surface area contributed by atoms with Gasteiger partial charge in [-0.25, -0.2) is 4.68 Å². The minimum absolute atomic E-state index is 0.00217. The Kier molecular flexibility index (Phi) is 4.23. The van der Waals surface area contributed by atoms with E-state index in [1.165, 1.54) is 0 Å². The van der Waals surface area contributed by atoms with Crippen LogP contribution in [0.25, 0.3) is 11.1 Å². The summed E-state index contributed by atoms with van der Waals surface area (Å²) in [6.45, 7) is 2.74. The van der Waals surface area contributed by atoms with Crippen LogP contribution in [0, 0.1) is 5.92 Å². The second kappa shape index (κ2) is 6.68. The van der Waals surface area contributed by atoms with Crippen molar-refractivity contribution in [2.45, 2.75) is 13.0 Å². The van der Waals surface area contributed by atoms with E-state index in [0.717, 1.165) is 11.1 Å². The molecule has 1 aromatic carbocycles. The molecule has 0 radical (unpaired) electrons. The molecule has 0 unspecified atom stereocenters. The molecule has 3 heterocycles. The fourth-order valence-electron chi connectivity index (χ4n) is 3.30. The van der Waals surface area contributed by atoms with Crippen LogP contribution < -0.4 is 5.32 Å². The van der Waals surface area contributed by atoms with Gasteiger partial charge in [0.15, 0.2) is 0 Å². The third-order valence-corrected chi connectivity index (χ3v) is 4.71. The van der Waals surface area contributed by atoms with Crippen LogP contribution in [0.5, 0.6) is 0 Å². The second-order valence-corrected chi connectivity index (χ2v) is 6.34. The van der Waals surface area contributed by atoms with E-state index >= 15 is 0 Å². The first-order chi connectivity index (χ1) is 12.2. The molecule has 1 fully saturated rings. The Hall–Kier alpha value is -2.67. The summed E-state index contributed by atoms with van der Waals surface area (Å²) >= 11 is 0. The van der Waals surface area contributed by atoms with Gasteiger partial charge in [-0.2, -0.15) is 5.10 Å². The minimum atomic E-state index is -0.397. The van der Waals surface area contributed by atoms with Gasteiger partial charge in [-0.1, -0.05) is 30.3 Å². The van der Waals surface area contributed by atoms with Crippen molar-refractivity contribution in [2.24, 2.45) is 5.92 Å². The Morgan fingerprint density at radius 2 is 2.00 bits per heavy atom. The molecule has 2 aliphatic rings. The number of carbonyl (C=O) groups is 2. The number of ether oxygens (including phenoxy) is 1. The summed E-state index contributed by atoms with van der Waals surface area (Å²) in [5.74, 6) is 0.187. The number of hydrogen-bond donors (Lipinski definition) is 1. The molecule has 130 valence electrons. The van der Waals surface area contributed by atoms with E-state index < -0.39 is 5.92 Å². The van der Waals surface area contributed by atoms with Crippen LogP contribution in [-0.4, -0.2) is 52.8 Å². The highest BCUT2D eigenvalue weighted by atomic mass is 16.5. The maximum atomic E-state index is 12.5. The predicted octanol–water partition coefficient (Wildman–Crippen LogP) is 1.37. The smallest absolute Gasteiger partial charge is 0.231 e. The Bertz CT molecular complexity index is 781. The van der Waals surface area contributed by atoms with Crippen LogP contribution in [0.3, 0.4) is 0 Å². The molecule has 2 amide bonds. The van der Waals surface area contributed by atoms with E-state index in [1.807, 2.05) is 30.3 Å². The fraction of sp³-hybridized carbons (Fsp3) is 0.389. The van der Waals surface area contributed by atoms with E-state index in [9.17, 15) is 9.59 Å². The molecule has 0 aliphatic carbocycles. The Labute approximate surface area is 145 Å². The van der Waals surface area contributed by atoms with Gasteiger partial charge >= 0.3 is 0 Å². The monoisotopic (exact) mass is 340 g/mol. The summed E-state index contributed by atoms with van der Waals surface area (Å²) in [5.41, 5.74) is 1.90. The lowest BCUT2D eigenvalue weighted by Crippen LogP contribution is -2.43. The fourth-order valence-corrected chi connectivity index (χ4v) is 3.30. The summed E-state index contributed by atoms with van der Waals surface area (Å²) in [6.07, 6.45) is 1.96. The first-order valence-electron chi connectivity index (χ1n) is 8.50. The van der Waals surface area contributed by atoms with Crippen molar-refractivity contribution in [3.8, 4) is 11.1 Å². The van der Waals surface area contributed by atoms with Crippen molar-refractivity contribution < 1.29 is 14.3 Å². The zero-order valence-electron chi connectivity index (χ0n) is 13.9. The largest absolute Gasteiger partial charge is 0.378 e. The van der Waals surface area contributed by atoms with Crippen molar-refractivity contribution in [3.63, 3.8) is 0 Å². The van der Waals surface area contributed by atoms with Gasteiger partial charge in [0.1, 0.15) is 5.82 Å². The molecule has 25 heavy (non-hydrogen) atoms. The van der Waals surface area contributed by atoms with Gasteiger partial charge in [0.05, 0.1) is 31.9 Å². The van der Waals surface area contributed by atoms with E-state index in [0.29, 0.717) is 38.7 Å².